The lowest BCUT2D eigenvalue weighted by Gasteiger charge is -2.03. The van der Waals surface area contributed by atoms with E-state index >= 15 is 0 Å². The number of hydrogen-bond acceptors (Lipinski definition) is 4. The van der Waals surface area contributed by atoms with Gasteiger partial charge in [-0.05, 0) is 29.9 Å². The zero-order valence-corrected chi connectivity index (χ0v) is 12.1. The molecule has 4 heteroatoms. The van der Waals surface area contributed by atoms with Gasteiger partial charge in [-0.15, -0.1) is 0 Å². The Morgan fingerprint density at radius 3 is 2.75 bits per heavy atom. The third-order valence-electron chi connectivity index (χ3n) is 4.10. The number of benzene rings is 1. The summed E-state index contributed by atoms with van der Waals surface area (Å²) in [5, 5.41) is 7.43. The van der Waals surface area contributed by atoms with E-state index in [0.717, 1.165) is 24.7 Å². The molecule has 0 saturated heterocycles. The second-order valence-corrected chi connectivity index (χ2v) is 6.29. The summed E-state index contributed by atoms with van der Waals surface area (Å²) < 4.78 is 5.27. The zero-order valence-electron chi connectivity index (χ0n) is 12.1. The lowest BCUT2D eigenvalue weighted by Crippen LogP contribution is -2.18. The number of hydrogen-bond donors (Lipinski definition) is 1. The van der Waals surface area contributed by atoms with Gasteiger partial charge in [-0.2, -0.15) is 4.98 Å². The molecule has 0 radical (unpaired) electrons. The third-order valence-corrected chi connectivity index (χ3v) is 4.10. The van der Waals surface area contributed by atoms with Crippen LogP contribution in [0.5, 0.6) is 0 Å². The summed E-state index contributed by atoms with van der Waals surface area (Å²) in [6, 6.07) is 10.2. The average molecular weight is 271 g/mol. The fourth-order valence-electron chi connectivity index (χ4n) is 2.49. The minimum Gasteiger partial charge on any atom is -0.338 e. The molecule has 106 valence electrons. The Morgan fingerprint density at radius 1 is 1.30 bits per heavy atom. The highest BCUT2D eigenvalue weighted by molar-refractivity contribution is 5.18. The third kappa shape index (κ3) is 3.25. The van der Waals surface area contributed by atoms with Gasteiger partial charge in [0.25, 0.3) is 0 Å². The quantitative estimate of drug-likeness (QED) is 0.877. The first-order valence-corrected chi connectivity index (χ1v) is 7.19. The standard InChI is InChI=1S/C16H21N3O/c1-16(2)9-13(16)10-17-11-15-18-14(19-20-15)8-12-6-4-3-5-7-12/h3-7,13,17H,8-11H2,1-2H3. The van der Waals surface area contributed by atoms with Crippen molar-refractivity contribution < 1.29 is 4.52 Å². The predicted octanol–water partition coefficient (Wildman–Crippen LogP) is 2.80. The van der Waals surface area contributed by atoms with E-state index in [9.17, 15) is 0 Å². The topological polar surface area (TPSA) is 51.0 Å². The maximum absolute atomic E-state index is 5.27. The van der Waals surface area contributed by atoms with E-state index in [1.54, 1.807) is 0 Å². The van der Waals surface area contributed by atoms with E-state index in [-0.39, 0.29) is 0 Å². The second kappa shape index (κ2) is 5.37. The van der Waals surface area contributed by atoms with E-state index in [0.29, 0.717) is 17.9 Å². The van der Waals surface area contributed by atoms with E-state index < -0.39 is 0 Å². The van der Waals surface area contributed by atoms with Crippen LogP contribution in [0.15, 0.2) is 34.9 Å². The summed E-state index contributed by atoms with van der Waals surface area (Å²) >= 11 is 0. The molecule has 1 saturated carbocycles. The molecule has 1 aliphatic rings. The fourth-order valence-corrected chi connectivity index (χ4v) is 2.49. The molecule has 0 bridgehead atoms. The molecule has 3 rings (SSSR count). The van der Waals surface area contributed by atoms with Gasteiger partial charge in [0.15, 0.2) is 5.82 Å². The van der Waals surface area contributed by atoms with Gasteiger partial charge in [-0.1, -0.05) is 49.3 Å². The van der Waals surface area contributed by atoms with Crippen LogP contribution in [-0.4, -0.2) is 16.7 Å². The van der Waals surface area contributed by atoms with E-state index in [2.05, 4.69) is 41.4 Å². The van der Waals surface area contributed by atoms with Gasteiger partial charge in [0.05, 0.1) is 6.54 Å². The minimum absolute atomic E-state index is 0.514. The molecule has 1 heterocycles. The molecule has 1 aliphatic carbocycles. The van der Waals surface area contributed by atoms with Crippen molar-refractivity contribution in [1.29, 1.82) is 0 Å². The number of nitrogens with one attached hydrogen (secondary N) is 1. The van der Waals surface area contributed by atoms with Crippen LogP contribution < -0.4 is 5.32 Å². The molecule has 1 unspecified atom stereocenters. The van der Waals surface area contributed by atoms with Crippen molar-refractivity contribution in [3.8, 4) is 0 Å². The summed E-state index contributed by atoms with van der Waals surface area (Å²) in [6.45, 7) is 6.31. The molecule has 0 aliphatic heterocycles. The number of nitrogens with zero attached hydrogens (tertiary/aromatic N) is 2. The molecule has 20 heavy (non-hydrogen) atoms. The highest BCUT2D eigenvalue weighted by Gasteiger charge is 2.44. The monoisotopic (exact) mass is 271 g/mol. The predicted molar refractivity (Wildman–Crippen MR) is 77.1 cm³/mol. The Labute approximate surface area is 119 Å². The van der Waals surface area contributed by atoms with Crippen molar-refractivity contribution in [2.45, 2.75) is 33.2 Å². The van der Waals surface area contributed by atoms with Crippen molar-refractivity contribution in [3.63, 3.8) is 0 Å². The highest BCUT2D eigenvalue weighted by atomic mass is 16.5. The lowest BCUT2D eigenvalue weighted by molar-refractivity contribution is 0.360. The molecule has 1 aromatic heterocycles. The fraction of sp³-hybridized carbons (Fsp3) is 0.500. The van der Waals surface area contributed by atoms with Crippen LogP contribution >= 0.6 is 0 Å². The van der Waals surface area contributed by atoms with Crippen molar-refractivity contribution in [2.24, 2.45) is 11.3 Å². The van der Waals surface area contributed by atoms with Crippen LogP contribution in [0.4, 0.5) is 0 Å². The maximum atomic E-state index is 5.27. The van der Waals surface area contributed by atoms with Crippen LogP contribution in [0.25, 0.3) is 0 Å². The largest absolute Gasteiger partial charge is 0.338 e. The Bertz CT molecular complexity index is 562. The first-order chi connectivity index (χ1) is 9.63. The molecule has 1 aromatic carbocycles. The highest BCUT2D eigenvalue weighted by Crippen LogP contribution is 2.50. The van der Waals surface area contributed by atoms with Gasteiger partial charge < -0.3 is 9.84 Å². The molecule has 1 atom stereocenters. The molecular formula is C16H21N3O. The summed E-state index contributed by atoms with van der Waals surface area (Å²) in [5.41, 5.74) is 1.72. The van der Waals surface area contributed by atoms with Gasteiger partial charge in [0.2, 0.25) is 5.89 Å². The lowest BCUT2D eigenvalue weighted by atomic mass is 10.1. The Kier molecular flexibility index (Phi) is 3.57. The maximum Gasteiger partial charge on any atom is 0.240 e. The van der Waals surface area contributed by atoms with Crippen molar-refractivity contribution in [2.75, 3.05) is 6.54 Å². The van der Waals surface area contributed by atoms with E-state index in [4.69, 9.17) is 4.52 Å². The minimum atomic E-state index is 0.514. The van der Waals surface area contributed by atoms with Crippen LogP contribution in [-0.2, 0) is 13.0 Å². The SMILES string of the molecule is CC1(C)CC1CNCc1nc(Cc2ccccc2)no1. The summed E-state index contributed by atoms with van der Waals surface area (Å²) in [4.78, 5) is 4.42. The summed E-state index contributed by atoms with van der Waals surface area (Å²) in [7, 11) is 0. The smallest absolute Gasteiger partial charge is 0.240 e. The second-order valence-electron chi connectivity index (χ2n) is 6.29. The molecule has 1 fully saturated rings. The average Bonchev–Trinajstić information content (AvgIpc) is 2.83. The molecule has 1 N–H and O–H groups in total. The molecule has 0 amide bonds. The van der Waals surface area contributed by atoms with Gasteiger partial charge in [-0.3, -0.25) is 0 Å². The van der Waals surface area contributed by atoms with Gasteiger partial charge in [-0.25, -0.2) is 0 Å². The zero-order chi connectivity index (χ0) is 14.0. The van der Waals surface area contributed by atoms with Crippen molar-refractivity contribution >= 4 is 0 Å². The molecular weight excluding hydrogens is 250 g/mol. The van der Waals surface area contributed by atoms with Crippen LogP contribution in [0.1, 0.15) is 37.5 Å². The van der Waals surface area contributed by atoms with Gasteiger partial charge >= 0.3 is 0 Å². The first-order valence-electron chi connectivity index (χ1n) is 7.19. The van der Waals surface area contributed by atoms with Crippen LogP contribution in [0, 0.1) is 11.3 Å². The van der Waals surface area contributed by atoms with Crippen LogP contribution in [0.3, 0.4) is 0 Å². The Hall–Kier alpha value is -1.68. The number of rotatable bonds is 6. The van der Waals surface area contributed by atoms with Crippen molar-refractivity contribution in [1.82, 2.24) is 15.5 Å². The first kappa shape index (κ1) is 13.3. The van der Waals surface area contributed by atoms with E-state index in [1.807, 2.05) is 18.2 Å². The normalized spacial score (nSPS) is 20.0. The summed E-state index contributed by atoms with van der Waals surface area (Å²) in [6.07, 6.45) is 2.03. The van der Waals surface area contributed by atoms with Gasteiger partial charge in [0, 0.05) is 6.42 Å². The molecule has 0 spiro atoms. The van der Waals surface area contributed by atoms with E-state index in [1.165, 1.54) is 12.0 Å². The van der Waals surface area contributed by atoms with Crippen LogP contribution in [0.2, 0.25) is 0 Å². The number of aromatic nitrogens is 2. The summed E-state index contributed by atoms with van der Waals surface area (Å²) in [5.74, 6) is 2.21. The Morgan fingerprint density at radius 2 is 2.05 bits per heavy atom. The van der Waals surface area contributed by atoms with Gasteiger partial charge in [0.1, 0.15) is 0 Å². The molecule has 4 nitrogen and oxygen atoms in total. The molecule has 2 aromatic rings. The van der Waals surface area contributed by atoms with Crippen molar-refractivity contribution in [3.05, 3.63) is 47.6 Å². The Balaban J connectivity index is 1.47.